The maximum Gasteiger partial charge on any atom is 0.327 e. The van der Waals surface area contributed by atoms with Gasteiger partial charge in [-0.2, -0.15) is 12.6 Å². The number of hydrogen-bond donors (Lipinski definition) is 9. The summed E-state index contributed by atoms with van der Waals surface area (Å²) >= 11 is 3.94. The number of nitrogens with one attached hydrogen (secondary N) is 4. The number of imidazole rings is 1. The number of aromatic amines is 1. The van der Waals surface area contributed by atoms with Crippen LogP contribution in [0.2, 0.25) is 0 Å². The Labute approximate surface area is 215 Å². The van der Waals surface area contributed by atoms with E-state index in [1.807, 2.05) is 13.8 Å². The fourth-order valence-corrected chi connectivity index (χ4v) is 3.47. The van der Waals surface area contributed by atoms with E-state index >= 15 is 0 Å². The summed E-state index contributed by atoms with van der Waals surface area (Å²) in [4.78, 5) is 60.7. The maximum absolute atomic E-state index is 13.2. The molecule has 0 aromatic carbocycles. The Balaban J connectivity index is 3.05. The first kappa shape index (κ1) is 30.7. The molecule has 0 bridgehead atoms. The minimum absolute atomic E-state index is 0.0582. The van der Waals surface area contributed by atoms with Gasteiger partial charge in [0, 0.05) is 30.6 Å². The topological polar surface area (TPSA) is 244 Å². The van der Waals surface area contributed by atoms with Gasteiger partial charge in [0.15, 0.2) is 5.96 Å². The van der Waals surface area contributed by atoms with Crippen LogP contribution in [0.5, 0.6) is 0 Å². The van der Waals surface area contributed by atoms with Crippen LogP contribution in [0.1, 0.15) is 38.8 Å². The number of amides is 3. The van der Waals surface area contributed by atoms with Crippen molar-refractivity contribution in [3.05, 3.63) is 18.2 Å². The van der Waals surface area contributed by atoms with Crippen molar-refractivity contribution in [2.75, 3.05) is 12.3 Å². The molecule has 0 spiro atoms. The molecule has 0 aliphatic carbocycles. The number of aromatic nitrogens is 2. The molecule has 0 fully saturated rings. The molecule has 0 aliphatic rings. The zero-order valence-corrected chi connectivity index (χ0v) is 21.3. The lowest BCUT2D eigenvalue weighted by atomic mass is 10.0. The van der Waals surface area contributed by atoms with E-state index in [9.17, 15) is 24.3 Å². The maximum atomic E-state index is 13.2. The molecule has 15 heteroatoms. The van der Waals surface area contributed by atoms with Crippen LogP contribution in [0.15, 0.2) is 17.5 Å². The third-order valence-corrected chi connectivity index (χ3v) is 5.41. The molecule has 1 aromatic heterocycles. The molecule has 0 aliphatic heterocycles. The van der Waals surface area contributed by atoms with E-state index in [1.54, 1.807) is 0 Å². The van der Waals surface area contributed by atoms with Crippen LogP contribution >= 0.6 is 12.6 Å². The number of carboxylic acids is 1. The zero-order valence-electron chi connectivity index (χ0n) is 20.4. The van der Waals surface area contributed by atoms with Gasteiger partial charge < -0.3 is 43.2 Å². The van der Waals surface area contributed by atoms with Crippen LogP contribution in [0.3, 0.4) is 0 Å². The van der Waals surface area contributed by atoms with Gasteiger partial charge in [-0.15, -0.1) is 0 Å². The predicted molar refractivity (Wildman–Crippen MR) is 137 cm³/mol. The van der Waals surface area contributed by atoms with Gasteiger partial charge in [-0.25, -0.2) is 9.78 Å². The molecule has 3 amide bonds. The lowest BCUT2D eigenvalue weighted by Crippen LogP contribution is -2.58. The summed E-state index contributed by atoms with van der Waals surface area (Å²) in [6.45, 7) is 4.03. The normalized spacial score (nSPS) is 14.2. The van der Waals surface area contributed by atoms with E-state index in [0.29, 0.717) is 18.5 Å². The average molecular weight is 528 g/mol. The number of aliphatic carboxylic acids is 1. The number of carbonyl (C=O) groups excluding carboxylic acids is 3. The molecule has 11 N–H and O–H groups in total. The van der Waals surface area contributed by atoms with E-state index in [1.165, 1.54) is 12.5 Å². The molecule has 1 aromatic rings. The minimum atomic E-state index is -1.27. The van der Waals surface area contributed by atoms with Crippen LogP contribution in [-0.4, -0.2) is 81.2 Å². The lowest BCUT2D eigenvalue weighted by molar-refractivity contribution is -0.141. The number of hydrogen-bond acceptors (Lipinski definition) is 8. The highest BCUT2D eigenvalue weighted by molar-refractivity contribution is 7.80. The van der Waals surface area contributed by atoms with Crippen molar-refractivity contribution in [3.8, 4) is 0 Å². The Kier molecular flexibility index (Phi) is 13.3. The van der Waals surface area contributed by atoms with E-state index in [-0.39, 0.29) is 37.0 Å². The zero-order chi connectivity index (χ0) is 27.3. The van der Waals surface area contributed by atoms with Gasteiger partial charge in [0.2, 0.25) is 17.7 Å². The van der Waals surface area contributed by atoms with Gasteiger partial charge in [-0.3, -0.25) is 19.4 Å². The second-order valence-corrected chi connectivity index (χ2v) is 9.04. The van der Waals surface area contributed by atoms with Crippen molar-refractivity contribution < 1.29 is 24.3 Å². The molecule has 36 heavy (non-hydrogen) atoms. The summed E-state index contributed by atoms with van der Waals surface area (Å²) in [5.74, 6) is -3.28. The second-order valence-electron chi connectivity index (χ2n) is 8.67. The van der Waals surface area contributed by atoms with Gasteiger partial charge in [-0.05, 0) is 25.2 Å². The molecule has 0 saturated heterocycles. The highest BCUT2D eigenvalue weighted by atomic mass is 32.1. The number of carbonyl (C=O) groups is 4. The largest absolute Gasteiger partial charge is 0.480 e. The number of carboxylic acid groups (broad SMARTS) is 1. The Morgan fingerprint density at radius 3 is 2.22 bits per heavy atom. The molecular formula is C21H37N9O5S. The number of nitrogens with zero attached hydrogens (tertiary/aromatic N) is 2. The number of thiol groups is 1. The van der Waals surface area contributed by atoms with Crippen LogP contribution in [0, 0.1) is 5.92 Å². The van der Waals surface area contributed by atoms with Crippen molar-refractivity contribution in [3.63, 3.8) is 0 Å². The molecular weight excluding hydrogens is 490 g/mol. The summed E-state index contributed by atoms with van der Waals surface area (Å²) in [6.07, 6.45) is 3.82. The minimum Gasteiger partial charge on any atom is -0.480 e. The average Bonchev–Trinajstić information content (AvgIpc) is 3.30. The molecule has 4 atom stereocenters. The van der Waals surface area contributed by atoms with Gasteiger partial charge >= 0.3 is 5.97 Å². The van der Waals surface area contributed by atoms with E-state index < -0.39 is 47.9 Å². The van der Waals surface area contributed by atoms with Gasteiger partial charge in [0.05, 0.1) is 12.4 Å². The highest BCUT2D eigenvalue weighted by Gasteiger charge is 2.30. The molecule has 1 heterocycles. The Morgan fingerprint density at radius 1 is 1.08 bits per heavy atom. The number of H-pyrrole nitrogens is 1. The second kappa shape index (κ2) is 15.6. The fraction of sp³-hybridized carbons (Fsp3) is 0.619. The summed E-state index contributed by atoms with van der Waals surface area (Å²) in [6, 6.07) is -4.29. The molecule has 202 valence electrons. The number of nitrogens with two attached hydrogens (primary N) is 3. The lowest BCUT2D eigenvalue weighted by Gasteiger charge is -2.25. The van der Waals surface area contributed by atoms with Crippen LogP contribution in [0.25, 0.3) is 0 Å². The van der Waals surface area contributed by atoms with Crippen molar-refractivity contribution in [2.45, 2.75) is 63.7 Å². The SMILES string of the molecule is CC(C)CC(N)C(=O)NC(Cc1cnc[nH]1)C(=O)NC(CCCN=C(N)N)C(=O)NC(CS)C(=O)O. The first-order valence-electron chi connectivity index (χ1n) is 11.5. The number of guanidine groups is 1. The van der Waals surface area contributed by atoms with Crippen molar-refractivity contribution in [2.24, 2.45) is 28.1 Å². The van der Waals surface area contributed by atoms with Crippen molar-refractivity contribution >= 4 is 42.3 Å². The van der Waals surface area contributed by atoms with Gasteiger partial charge in [0.25, 0.3) is 0 Å². The monoisotopic (exact) mass is 527 g/mol. The third kappa shape index (κ3) is 11.4. The van der Waals surface area contributed by atoms with Crippen molar-refractivity contribution in [1.29, 1.82) is 0 Å². The van der Waals surface area contributed by atoms with E-state index in [4.69, 9.17) is 17.2 Å². The summed E-state index contributed by atoms with van der Waals surface area (Å²) in [5.41, 5.74) is 17.2. The predicted octanol–water partition coefficient (Wildman–Crippen LogP) is -2.15. The fourth-order valence-electron chi connectivity index (χ4n) is 3.22. The van der Waals surface area contributed by atoms with E-state index in [0.717, 1.165) is 0 Å². The highest BCUT2D eigenvalue weighted by Crippen LogP contribution is 2.07. The molecule has 4 unspecified atom stereocenters. The summed E-state index contributed by atoms with van der Waals surface area (Å²) in [7, 11) is 0. The van der Waals surface area contributed by atoms with Gasteiger partial charge in [0.1, 0.15) is 18.1 Å². The Bertz CT molecular complexity index is 890. The standard InChI is InChI=1S/C21H37N9O5S/c1-11(2)6-13(22)17(31)29-15(7-12-8-25-10-27-12)19(33)28-14(4-3-5-26-21(23)24)18(32)30-16(9-36)20(34)35/h8,10-11,13-16,36H,3-7,9,22H2,1-2H3,(H,25,27)(H,28,33)(H,29,31)(H,30,32)(H,34,35)(H4,23,24,26). The Morgan fingerprint density at radius 2 is 1.69 bits per heavy atom. The number of aliphatic imine (C=N–C) groups is 1. The smallest absolute Gasteiger partial charge is 0.327 e. The molecule has 1 rings (SSSR count). The van der Waals surface area contributed by atoms with Crippen LogP contribution in [-0.2, 0) is 25.6 Å². The molecule has 0 radical (unpaired) electrons. The summed E-state index contributed by atoms with van der Waals surface area (Å²) in [5, 5.41) is 16.8. The molecule has 14 nitrogen and oxygen atoms in total. The van der Waals surface area contributed by atoms with Crippen LogP contribution < -0.4 is 33.2 Å². The number of rotatable bonds is 16. The van der Waals surface area contributed by atoms with Gasteiger partial charge in [-0.1, -0.05) is 13.8 Å². The first-order valence-corrected chi connectivity index (χ1v) is 12.1. The quantitative estimate of drug-likeness (QED) is 0.0491. The summed E-state index contributed by atoms with van der Waals surface area (Å²) < 4.78 is 0. The van der Waals surface area contributed by atoms with E-state index in [2.05, 4.69) is 43.5 Å². The van der Waals surface area contributed by atoms with Crippen LogP contribution in [0.4, 0.5) is 0 Å². The Hall–Kier alpha value is -3.33. The van der Waals surface area contributed by atoms with Crippen molar-refractivity contribution in [1.82, 2.24) is 25.9 Å². The third-order valence-electron chi connectivity index (χ3n) is 5.05. The first-order chi connectivity index (χ1) is 16.9. The molecule has 0 saturated carbocycles.